The second-order valence-electron chi connectivity index (χ2n) is 7.62. The van der Waals surface area contributed by atoms with Gasteiger partial charge < -0.3 is 24.9 Å². The van der Waals surface area contributed by atoms with E-state index in [0.717, 1.165) is 30.6 Å². The molecular formula is C19H22N6O5S. The molecule has 0 saturated heterocycles. The van der Waals surface area contributed by atoms with Crippen molar-refractivity contribution in [1.82, 2.24) is 10.2 Å². The van der Waals surface area contributed by atoms with Gasteiger partial charge in [-0.25, -0.2) is 9.79 Å². The minimum Gasteiger partial charge on any atom is -0.488 e. The number of aromatic nitrogens is 2. The summed E-state index contributed by atoms with van der Waals surface area (Å²) in [6, 6.07) is 1.45. The molecule has 3 aliphatic carbocycles. The van der Waals surface area contributed by atoms with Crippen LogP contribution in [0.15, 0.2) is 32.5 Å². The predicted molar refractivity (Wildman–Crippen MR) is 115 cm³/mol. The number of rotatable bonds is 8. The fourth-order valence-corrected chi connectivity index (χ4v) is 4.68. The monoisotopic (exact) mass is 446 g/mol. The molecule has 0 aromatic carbocycles. The zero-order valence-electron chi connectivity index (χ0n) is 17.2. The lowest BCUT2D eigenvalue weighted by Crippen LogP contribution is -2.76. The average Bonchev–Trinajstić information content (AvgIpc) is 3.09. The zero-order valence-corrected chi connectivity index (χ0v) is 18.0. The smallest absolute Gasteiger partial charge is 0.381 e. The van der Waals surface area contributed by atoms with Gasteiger partial charge in [0.25, 0.3) is 5.91 Å². The molecule has 3 saturated carbocycles. The quantitative estimate of drug-likeness (QED) is 0.517. The van der Waals surface area contributed by atoms with Gasteiger partial charge in [0.2, 0.25) is 16.0 Å². The van der Waals surface area contributed by atoms with Crippen molar-refractivity contribution in [2.45, 2.75) is 37.3 Å². The highest BCUT2D eigenvalue weighted by molar-refractivity contribution is 7.18. The number of nitrogens with zero attached hydrogens (tertiary/aromatic N) is 3. The van der Waals surface area contributed by atoms with Crippen molar-refractivity contribution >= 4 is 38.9 Å². The lowest BCUT2D eigenvalue weighted by Gasteiger charge is -2.69. The van der Waals surface area contributed by atoms with Crippen LogP contribution in [-0.4, -0.2) is 47.2 Å². The molecule has 2 bridgehead atoms. The number of methoxy groups -OCH3 is 2. The lowest BCUT2D eigenvalue weighted by atomic mass is 9.46. The fraction of sp³-hybridized carbons (Fsp3) is 0.421. The molecule has 164 valence electrons. The summed E-state index contributed by atoms with van der Waals surface area (Å²) in [6.07, 6.45) is 5.46. The summed E-state index contributed by atoms with van der Waals surface area (Å²) in [6.45, 7) is 1.75. The van der Waals surface area contributed by atoms with E-state index in [2.05, 4.69) is 25.8 Å². The molecule has 4 N–H and O–H groups in total. The highest BCUT2D eigenvalue weighted by Gasteiger charge is 2.69. The van der Waals surface area contributed by atoms with Crippen LogP contribution >= 0.6 is 11.3 Å². The van der Waals surface area contributed by atoms with Crippen LogP contribution in [0.1, 0.15) is 36.7 Å². The van der Waals surface area contributed by atoms with E-state index in [-0.39, 0.29) is 27.8 Å². The standard InChI is InChI=1S/C19H22N6O5S/c1-10(4-5-20)21-16-24-25-17(31-16)22-14(26)12-6-11(13(28-2)15(27)30-12)23-18-7-19(8-18,9-18)29-3/h4-6,23H,7-9,20H2,1-3H3,(H,22,25,26). The molecule has 3 fully saturated rings. The van der Waals surface area contributed by atoms with Gasteiger partial charge in [-0.2, -0.15) is 0 Å². The summed E-state index contributed by atoms with van der Waals surface area (Å²) in [5, 5.41) is 14.2. The third-order valence-corrected chi connectivity index (χ3v) is 6.13. The zero-order chi connectivity index (χ0) is 22.2. The van der Waals surface area contributed by atoms with Gasteiger partial charge >= 0.3 is 5.63 Å². The van der Waals surface area contributed by atoms with Gasteiger partial charge in [-0.1, -0.05) is 11.3 Å². The topological polar surface area (TPSA) is 154 Å². The van der Waals surface area contributed by atoms with E-state index in [4.69, 9.17) is 19.6 Å². The van der Waals surface area contributed by atoms with Crippen molar-refractivity contribution in [2.75, 3.05) is 24.9 Å². The van der Waals surface area contributed by atoms with Crippen molar-refractivity contribution < 1.29 is 18.7 Å². The van der Waals surface area contributed by atoms with Crippen molar-refractivity contribution in [3.63, 3.8) is 0 Å². The third-order valence-electron chi connectivity index (χ3n) is 5.39. The van der Waals surface area contributed by atoms with Crippen LogP contribution in [0.25, 0.3) is 0 Å². The van der Waals surface area contributed by atoms with Crippen LogP contribution in [0.4, 0.5) is 16.0 Å². The second kappa shape index (κ2) is 7.78. The van der Waals surface area contributed by atoms with Gasteiger partial charge in [0.15, 0.2) is 5.76 Å². The molecule has 2 heterocycles. The Balaban J connectivity index is 1.51. The van der Waals surface area contributed by atoms with Crippen molar-refractivity contribution in [3.05, 3.63) is 34.5 Å². The first-order valence-corrected chi connectivity index (χ1v) is 10.3. The van der Waals surface area contributed by atoms with Crippen LogP contribution in [-0.2, 0) is 4.74 Å². The van der Waals surface area contributed by atoms with Crippen LogP contribution < -0.4 is 26.7 Å². The molecule has 3 aliphatic rings. The summed E-state index contributed by atoms with van der Waals surface area (Å²) < 4.78 is 15.8. The molecule has 31 heavy (non-hydrogen) atoms. The number of hydrogen-bond acceptors (Lipinski definition) is 11. The van der Waals surface area contributed by atoms with Crippen LogP contribution in [0.5, 0.6) is 5.75 Å². The van der Waals surface area contributed by atoms with Crippen LogP contribution in [0.2, 0.25) is 0 Å². The molecule has 12 heteroatoms. The summed E-state index contributed by atoms with van der Waals surface area (Å²) >= 11 is 1.07. The lowest BCUT2D eigenvalue weighted by molar-refractivity contribution is -0.215. The Bertz CT molecular complexity index is 1120. The molecule has 0 spiro atoms. The Morgan fingerprint density at radius 3 is 2.74 bits per heavy atom. The Kier molecular flexibility index (Phi) is 5.27. The summed E-state index contributed by atoms with van der Waals surface area (Å²) in [5.74, 6) is -0.799. The molecule has 2 aromatic heterocycles. The Morgan fingerprint density at radius 1 is 1.35 bits per heavy atom. The maximum Gasteiger partial charge on any atom is 0.381 e. The van der Waals surface area contributed by atoms with E-state index in [1.807, 2.05) is 0 Å². The number of nitrogens with one attached hydrogen (secondary N) is 2. The summed E-state index contributed by atoms with van der Waals surface area (Å²) in [4.78, 5) is 29.2. The van der Waals surface area contributed by atoms with Gasteiger partial charge in [0.05, 0.1) is 18.4 Å². The molecule has 5 rings (SSSR count). The molecular weight excluding hydrogens is 424 g/mol. The third kappa shape index (κ3) is 3.91. The van der Waals surface area contributed by atoms with Crippen molar-refractivity contribution in [3.8, 4) is 5.75 Å². The number of allylic oxidation sites excluding steroid dienone is 1. The Morgan fingerprint density at radius 2 is 2.10 bits per heavy atom. The first-order valence-electron chi connectivity index (χ1n) is 9.45. The van der Waals surface area contributed by atoms with E-state index in [1.165, 1.54) is 19.4 Å². The van der Waals surface area contributed by atoms with Gasteiger partial charge in [0.1, 0.15) is 0 Å². The number of aliphatic imine (C=N–C) groups is 1. The highest BCUT2D eigenvalue weighted by atomic mass is 32.1. The number of carbonyl (C=O) groups is 1. The normalized spacial score (nSPS) is 24.4. The Labute approximate surface area is 181 Å². The number of carbonyl (C=O) groups excluding carboxylic acids is 1. The molecule has 2 aromatic rings. The molecule has 11 nitrogen and oxygen atoms in total. The predicted octanol–water partition coefficient (Wildman–Crippen LogP) is 2.05. The minimum atomic E-state index is -0.752. The van der Waals surface area contributed by atoms with Gasteiger partial charge in [-0.05, 0) is 38.5 Å². The second-order valence-corrected chi connectivity index (χ2v) is 8.58. The van der Waals surface area contributed by atoms with Crippen molar-refractivity contribution in [2.24, 2.45) is 10.7 Å². The largest absolute Gasteiger partial charge is 0.488 e. The molecule has 0 unspecified atom stereocenters. The number of nitrogens with two attached hydrogens (primary N) is 1. The summed E-state index contributed by atoms with van der Waals surface area (Å²) in [7, 11) is 3.07. The van der Waals surface area contributed by atoms with E-state index in [1.54, 1.807) is 20.1 Å². The van der Waals surface area contributed by atoms with Gasteiger partial charge in [-0.3, -0.25) is 10.1 Å². The number of hydrogen-bond donors (Lipinski definition) is 3. The molecule has 0 radical (unpaired) electrons. The highest BCUT2D eigenvalue weighted by Crippen LogP contribution is 2.63. The number of amides is 1. The maximum absolute atomic E-state index is 12.7. The van der Waals surface area contributed by atoms with Crippen LogP contribution in [0.3, 0.4) is 0 Å². The summed E-state index contributed by atoms with van der Waals surface area (Å²) in [5.41, 5.74) is 5.38. The maximum atomic E-state index is 12.7. The van der Waals surface area contributed by atoms with E-state index in [9.17, 15) is 9.59 Å². The molecule has 0 atom stereocenters. The Hall–Kier alpha value is -3.25. The van der Waals surface area contributed by atoms with E-state index in [0.29, 0.717) is 16.5 Å². The minimum absolute atomic E-state index is 0.0173. The fourth-order valence-electron chi connectivity index (χ4n) is 4.01. The average molecular weight is 446 g/mol. The van der Waals surface area contributed by atoms with E-state index < -0.39 is 11.5 Å². The van der Waals surface area contributed by atoms with Crippen molar-refractivity contribution in [1.29, 1.82) is 0 Å². The first kappa shape index (κ1) is 21.0. The van der Waals surface area contributed by atoms with Crippen LogP contribution in [0, 0.1) is 0 Å². The number of anilines is 2. The first-order chi connectivity index (χ1) is 14.8. The number of ether oxygens (including phenoxy) is 2. The molecule has 1 amide bonds. The SMILES string of the molecule is COc1c(NC23CC(OC)(C2)C3)cc(C(=O)Nc2nnc(N=C(C)C=CN)s2)oc1=O. The molecule has 0 aliphatic heterocycles. The van der Waals surface area contributed by atoms with Gasteiger partial charge in [-0.15, -0.1) is 10.2 Å². The van der Waals surface area contributed by atoms with Gasteiger partial charge in [0, 0.05) is 24.4 Å². The van der Waals surface area contributed by atoms with E-state index >= 15 is 0 Å².